The van der Waals surface area contributed by atoms with Crippen molar-refractivity contribution >= 4 is 0 Å². The van der Waals surface area contributed by atoms with Gasteiger partial charge >= 0.3 is 0 Å². The third-order valence-corrected chi connectivity index (χ3v) is 4.22. The standard InChI is InChI=1S/C15H17FN8/c1-10-2-4-12(16)13(6-10)24-15(20-21-22-24)7-17-11-3-5-14-18-9-19-23(14)8-11/h2,4,6,9,11,17H,3,5,7-8H2,1H3. The first-order valence-electron chi connectivity index (χ1n) is 7.84. The van der Waals surface area contributed by atoms with E-state index in [1.54, 1.807) is 18.5 Å². The van der Waals surface area contributed by atoms with Crippen LogP contribution in [-0.4, -0.2) is 41.0 Å². The number of nitrogens with zero attached hydrogens (tertiary/aromatic N) is 7. The fourth-order valence-corrected chi connectivity index (χ4v) is 2.93. The molecule has 0 bridgehead atoms. The number of hydrogen-bond acceptors (Lipinski definition) is 6. The van der Waals surface area contributed by atoms with Crippen molar-refractivity contribution in [3.05, 3.63) is 47.6 Å². The Hall–Kier alpha value is -2.68. The molecular formula is C15H17FN8. The number of halogens is 1. The second kappa shape index (κ2) is 6.08. The summed E-state index contributed by atoms with van der Waals surface area (Å²) >= 11 is 0. The van der Waals surface area contributed by atoms with Crippen molar-refractivity contribution in [2.24, 2.45) is 0 Å². The lowest BCUT2D eigenvalue weighted by Crippen LogP contribution is -2.38. The summed E-state index contributed by atoms with van der Waals surface area (Å²) in [5.74, 6) is 1.24. The molecule has 24 heavy (non-hydrogen) atoms. The first kappa shape index (κ1) is 14.9. The SMILES string of the molecule is Cc1ccc(F)c(-n2nnnc2CNC2CCc3ncnn3C2)c1. The van der Waals surface area contributed by atoms with Gasteiger partial charge in [-0.15, -0.1) is 5.10 Å². The van der Waals surface area contributed by atoms with Crippen molar-refractivity contribution in [2.45, 2.75) is 38.9 Å². The minimum Gasteiger partial charge on any atom is -0.305 e. The third-order valence-electron chi connectivity index (χ3n) is 4.22. The molecule has 1 unspecified atom stereocenters. The highest BCUT2D eigenvalue weighted by Crippen LogP contribution is 2.16. The molecule has 124 valence electrons. The van der Waals surface area contributed by atoms with Crippen LogP contribution in [0.25, 0.3) is 5.69 Å². The van der Waals surface area contributed by atoms with Gasteiger partial charge in [-0.3, -0.25) is 0 Å². The zero-order valence-corrected chi connectivity index (χ0v) is 13.2. The highest BCUT2D eigenvalue weighted by atomic mass is 19.1. The Balaban J connectivity index is 1.49. The zero-order valence-electron chi connectivity index (χ0n) is 13.2. The first-order chi connectivity index (χ1) is 11.7. The van der Waals surface area contributed by atoms with Crippen molar-refractivity contribution < 1.29 is 4.39 Å². The number of aromatic nitrogens is 7. The second-order valence-electron chi connectivity index (χ2n) is 5.94. The van der Waals surface area contributed by atoms with Gasteiger partial charge in [0.25, 0.3) is 0 Å². The van der Waals surface area contributed by atoms with E-state index in [0.29, 0.717) is 18.1 Å². The van der Waals surface area contributed by atoms with E-state index >= 15 is 0 Å². The van der Waals surface area contributed by atoms with Crippen molar-refractivity contribution in [3.8, 4) is 5.69 Å². The number of hydrogen-bond donors (Lipinski definition) is 1. The van der Waals surface area contributed by atoms with Gasteiger partial charge in [0.1, 0.15) is 23.7 Å². The fraction of sp³-hybridized carbons (Fsp3) is 0.400. The van der Waals surface area contributed by atoms with Gasteiger partial charge in [0.2, 0.25) is 0 Å². The quantitative estimate of drug-likeness (QED) is 0.762. The van der Waals surface area contributed by atoms with E-state index in [0.717, 1.165) is 30.8 Å². The van der Waals surface area contributed by atoms with Gasteiger partial charge in [0.15, 0.2) is 5.82 Å². The highest BCUT2D eigenvalue weighted by molar-refractivity contribution is 5.36. The molecule has 1 aliphatic rings. The maximum Gasteiger partial charge on any atom is 0.170 e. The van der Waals surface area contributed by atoms with E-state index in [-0.39, 0.29) is 11.9 Å². The molecule has 4 rings (SSSR count). The summed E-state index contributed by atoms with van der Waals surface area (Å²) in [5, 5.41) is 19.3. The fourth-order valence-electron chi connectivity index (χ4n) is 2.93. The van der Waals surface area contributed by atoms with E-state index in [9.17, 15) is 4.39 Å². The van der Waals surface area contributed by atoms with Gasteiger partial charge < -0.3 is 5.32 Å². The highest BCUT2D eigenvalue weighted by Gasteiger charge is 2.20. The molecule has 8 nitrogen and oxygen atoms in total. The molecule has 0 spiro atoms. The molecule has 0 amide bonds. The minimum absolute atomic E-state index is 0.256. The summed E-state index contributed by atoms with van der Waals surface area (Å²) in [6.45, 7) is 3.12. The van der Waals surface area contributed by atoms with Crippen LogP contribution < -0.4 is 5.32 Å². The number of fused-ring (bicyclic) bond motifs is 1. The Bertz CT molecular complexity index is 855. The summed E-state index contributed by atoms with van der Waals surface area (Å²) in [6.07, 6.45) is 3.44. The Morgan fingerprint density at radius 1 is 1.38 bits per heavy atom. The molecule has 3 aromatic rings. The van der Waals surface area contributed by atoms with Crippen molar-refractivity contribution in [1.82, 2.24) is 40.3 Å². The number of benzene rings is 1. The van der Waals surface area contributed by atoms with Crippen molar-refractivity contribution in [3.63, 3.8) is 0 Å². The lowest BCUT2D eigenvalue weighted by atomic mass is 10.1. The third kappa shape index (κ3) is 2.78. The Kier molecular flexibility index (Phi) is 3.77. The van der Waals surface area contributed by atoms with Gasteiger partial charge in [0.05, 0.1) is 13.1 Å². The zero-order chi connectivity index (χ0) is 16.5. The normalized spacial score (nSPS) is 17.0. The average Bonchev–Trinajstić information content (AvgIpc) is 3.23. The number of tetrazole rings is 1. The average molecular weight is 328 g/mol. The molecule has 1 aromatic carbocycles. The van der Waals surface area contributed by atoms with Crippen LogP contribution in [0, 0.1) is 12.7 Å². The second-order valence-corrected chi connectivity index (χ2v) is 5.94. The van der Waals surface area contributed by atoms with Crippen LogP contribution in [0.3, 0.4) is 0 Å². The monoisotopic (exact) mass is 328 g/mol. The van der Waals surface area contributed by atoms with E-state index in [1.165, 1.54) is 10.7 Å². The number of rotatable bonds is 4. The molecule has 0 fully saturated rings. The molecule has 1 N–H and O–H groups in total. The molecule has 3 heterocycles. The van der Waals surface area contributed by atoms with E-state index in [1.807, 2.05) is 11.6 Å². The van der Waals surface area contributed by atoms with Crippen LogP contribution in [0.4, 0.5) is 4.39 Å². The Morgan fingerprint density at radius 3 is 3.21 bits per heavy atom. The predicted molar refractivity (Wildman–Crippen MR) is 82.8 cm³/mol. The maximum atomic E-state index is 14.1. The molecule has 1 atom stereocenters. The van der Waals surface area contributed by atoms with Crippen LogP contribution >= 0.6 is 0 Å². The van der Waals surface area contributed by atoms with Gasteiger partial charge in [-0.05, 0) is 41.5 Å². The van der Waals surface area contributed by atoms with Crippen LogP contribution in [0.5, 0.6) is 0 Å². The molecule has 1 aliphatic heterocycles. The maximum absolute atomic E-state index is 14.1. The van der Waals surface area contributed by atoms with Crippen LogP contribution in [0.2, 0.25) is 0 Å². The van der Waals surface area contributed by atoms with Crippen LogP contribution in [-0.2, 0) is 19.5 Å². The van der Waals surface area contributed by atoms with E-state index in [4.69, 9.17) is 0 Å². The van der Waals surface area contributed by atoms with Crippen molar-refractivity contribution in [2.75, 3.05) is 0 Å². The summed E-state index contributed by atoms with van der Waals surface area (Å²) in [5.41, 5.74) is 1.31. The molecule has 2 aromatic heterocycles. The summed E-state index contributed by atoms with van der Waals surface area (Å²) in [4.78, 5) is 4.22. The summed E-state index contributed by atoms with van der Waals surface area (Å²) in [6, 6.07) is 5.14. The Morgan fingerprint density at radius 2 is 2.29 bits per heavy atom. The first-order valence-corrected chi connectivity index (χ1v) is 7.84. The molecular weight excluding hydrogens is 311 g/mol. The number of nitrogens with one attached hydrogen (secondary N) is 1. The molecule has 0 saturated heterocycles. The summed E-state index contributed by atoms with van der Waals surface area (Å²) < 4.78 is 17.4. The minimum atomic E-state index is -0.348. The Labute approximate surface area is 137 Å². The molecule has 0 saturated carbocycles. The van der Waals surface area contributed by atoms with E-state index < -0.39 is 0 Å². The van der Waals surface area contributed by atoms with Crippen molar-refractivity contribution in [1.29, 1.82) is 0 Å². The largest absolute Gasteiger partial charge is 0.305 e. The van der Waals surface area contributed by atoms with Gasteiger partial charge in [-0.1, -0.05) is 6.07 Å². The van der Waals surface area contributed by atoms with Gasteiger partial charge in [-0.2, -0.15) is 9.78 Å². The van der Waals surface area contributed by atoms with Gasteiger partial charge in [-0.25, -0.2) is 14.1 Å². The summed E-state index contributed by atoms with van der Waals surface area (Å²) in [7, 11) is 0. The molecule has 0 radical (unpaired) electrons. The molecule has 9 heteroatoms. The van der Waals surface area contributed by atoms with Gasteiger partial charge in [0, 0.05) is 12.5 Å². The molecule has 0 aliphatic carbocycles. The smallest absolute Gasteiger partial charge is 0.170 e. The van der Waals surface area contributed by atoms with E-state index in [2.05, 4.69) is 30.9 Å². The topological polar surface area (TPSA) is 86.3 Å². The lowest BCUT2D eigenvalue weighted by Gasteiger charge is -2.23. The lowest BCUT2D eigenvalue weighted by molar-refractivity contribution is 0.354. The van der Waals surface area contributed by atoms with Crippen LogP contribution in [0.15, 0.2) is 24.5 Å². The number of aryl methyl sites for hydroxylation is 2. The predicted octanol–water partition coefficient (Wildman–Crippen LogP) is 0.806. The van der Waals surface area contributed by atoms with Crippen LogP contribution in [0.1, 0.15) is 23.6 Å².